The molecule has 1 atom stereocenters. The minimum absolute atomic E-state index is 0.00435. The van der Waals surface area contributed by atoms with E-state index in [-0.39, 0.29) is 23.3 Å². The molecule has 0 saturated carbocycles. The first-order chi connectivity index (χ1) is 14.1. The second kappa shape index (κ2) is 8.98. The van der Waals surface area contributed by atoms with Gasteiger partial charge in [-0.05, 0) is 43.2 Å². The molecule has 29 heavy (non-hydrogen) atoms. The Hall–Kier alpha value is -2.35. The second-order valence-electron chi connectivity index (χ2n) is 6.81. The highest BCUT2D eigenvalue weighted by atomic mass is 35.5. The third-order valence-corrected chi connectivity index (χ3v) is 5.89. The Bertz CT molecular complexity index is 1100. The van der Waals surface area contributed by atoms with Crippen molar-refractivity contribution >= 4 is 45.9 Å². The summed E-state index contributed by atoms with van der Waals surface area (Å²) in [5.74, 6) is -0.0636. The lowest BCUT2D eigenvalue weighted by atomic mass is 10.2. The standard InChI is InChI=1S/C21H20ClN3O3S/c22-14-5-3-6-15(11-14)23-19(26)13-29-21-24-18-9-2-1-8-17(18)20(27)25(21)12-16-7-4-10-28-16/h1-3,5-6,8-9,11,16H,4,7,10,12-13H2,(H,23,26)/t16-/m0/s1. The lowest BCUT2D eigenvalue weighted by Crippen LogP contribution is -2.29. The Morgan fingerprint density at radius 2 is 2.14 bits per heavy atom. The number of nitrogens with one attached hydrogen (secondary N) is 1. The van der Waals surface area contributed by atoms with Crippen LogP contribution in [0.5, 0.6) is 0 Å². The summed E-state index contributed by atoms with van der Waals surface area (Å²) in [6.07, 6.45) is 1.90. The van der Waals surface area contributed by atoms with Crippen LogP contribution in [0, 0.1) is 0 Å². The zero-order chi connectivity index (χ0) is 20.2. The second-order valence-corrected chi connectivity index (χ2v) is 8.19. The number of rotatable bonds is 6. The predicted octanol–water partition coefficient (Wildman–Crippen LogP) is 3.96. The van der Waals surface area contributed by atoms with Crippen LogP contribution in [0.3, 0.4) is 0 Å². The number of hydrogen-bond acceptors (Lipinski definition) is 5. The number of carbonyl (C=O) groups excluding carboxylic acids is 1. The fraction of sp³-hybridized carbons (Fsp3) is 0.286. The quantitative estimate of drug-likeness (QED) is 0.474. The maximum atomic E-state index is 13.0. The summed E-state index contributed by atoms with van der Waals surface area (Å²) in [4.78, 5) is 30.1. The van der Waals surface area contributed by atoms with Gasteiger partial charge in [0.2, 0.25) is 5.91 Å². The van der Waals surface area contributed by atoms with Crippen LogP contribution in [0.4, 0.5) is 5.69 Å². The average molecular weight is 430 g/mol. The number of halogens is 1. The van der Waals surface area contributed by atoms with Gasteiger partial charge in [0.05, 0.1) is 29.3 Å². The summed E-state index contributed by atoms with van der Waals surface area (Å²) in [7, 11) is 0. The van der Waals surface area contributed by atoms with Crippen LogP contribution in [-0.4, -0.2) is 33.9 Å². The lowest BCUT2D eigenvalue weighted by molar-refractivity contribution is -0.113. The number of hydrogen-bond donors (Lipinski definition) is 1. The molecule has 0 radical (unpaired) electrons. The maximum Gasteiger partial charge on any atom is 0.262 e. The Labute approximate surface area is 177 Å². The van der Waals surface area contributed by atoms with Crippen molar-refractivity contribution in [3.8, 4) is 0 Å². The summed E-state index contributed by atoms with van der Waals surface area (Å²) in [5.41, 5.74) is 1.15. The monoisotopic (exact) mass is 429 g/mol. The van der Waals surface area contributed by atoms with Crippen molar-refractivity contribution in [2.24, 2.45) is 0 Å². The number of benzene rings is 2. The molecule has 8 heteroatoms. The van der Waals surface area contributed by atoms with Gasteiger partial charge < -0.3 is 10.1 Å². The summed E-state index contributed by atoms with van der Waals surface area (Å²) in [6.45, 7) is 1.15. The van der Waals surface area contributed by atoms with Crippen LogP contribution in [0.25, 0.3) is 10.9 Å². The molecule has 1 aromatic heterocycles. The van der Waals surface area contributed by atoms with Crippen LogP contribution >= 0.6 is 23.4 Å². The van der Waals surface area contributed by atoms with E-state index >= 15 is 0 Å². The molecule has 0 unspecified atom stereocenters. The van der Waals surface area contributed by atoms with Gasteiger partial charge in [-0.2, -0.15) is 0 Å². The first-order valence-corrected chi connectivity index (χ1v) is 10.8. The highest BCUT2D eigenvalue weighted by Crippen LogP contribution is 2.22. The topological polar surface area (TPSA) is 73.2 Å². The molecule has 3 aromatic rings. The smallest absolute Gasteiger partial charge is 0.262 e. The molecule has 2 aromatic carbocycles. The van der Waals surface area contributed by atoms with Crippen molar-refractivity contribution in [1.82, 2.24) is 9.55 Å². The number of nitrogens with zero attached hydrogens (tertiary/aromatic N) is 2. The molecule has 0 spiro atoms. The molecule has 1 saturated heterocycles. The van der Waals surface area contributed by atoms with Gasteiger partial charge in [-0.3, -0.25) is 14.2 Å². The molecular weight excluding hydrogens is 410 g/mol. The van der Waals surface area contributed by atoms with Crippen molar-refractivity contribution in [3.63, 3.8) is 0 Å². The Balaban J connectivity index is 1.56. The molecule has 0 aliphatic carbocycles. The highest BCUT2D eigenvalue weighted by Gasteiger charge is 2.20. The van der Waals surface area contributed by atoms with E-state index < -0.39 is 0 Å². The van der Waals surface area contributed by atoms with Gasteiger partial charge >= 0.3 is 0 Å². The van der Waals surface area contributed by atoms with E-state index in [0.29, 0.717) is 39.9 Å². The van der Waals surface area contributed by atoms with Crippen molar-refractivity contribution < 1.29 is 9.53 Å². The van der Waals surface area contributed by atoms with Crippen LogP contribution < -0.4 is 10.9 Å². The Kier molecular flexibility index (Phi) is 6.18. The zero-order valence-electron chi connectivity index (χ0n) is 15.6. The number of ether oxygens (including phenoxy) is 1. The fourth-order valence-corrected chi connectivity index (χ4v) is 4.30. The molecule has 1 amide bonds. The molecule has 2 heterocycles. The largest absolute Gasteiger partial charge is 0.376 e. The van der Waals surface area contributed by atoms with Gasteiger partial charge in [0.1, 0.15) is 0 Å². The zero-order valence-corrected chi connectivity index (χ0v) is 17.2. The Morgan fingerprint density at radius 3 is 2.93 bits per heavy atom. The van der Waals surface area contributed by atoms with Gasteiger partial charge in [-0.15, -0.1) is 0 Å². The first-order valence-electron chi connectivity index (χ1n) is 9.39. The molecule has 1 aliphatic heterocycles. The maximum absolute atomic E-state index is 13.0. The molecule has 0 bridgehead atoms. The summed E-state index contributed by atoms with van der Waals surface area (Å²) >= 11 is 7.20. The molecule has 1 aliphatic rings. The van der Waals surface area contributed by atoms with Crippen molar-refractivity contribution in [2.45, 2.75) is 30.6 Å². The van der Waals surface area contributed by atoms with Crippen LogP contribution in [-0.2, 0) is 16.1 Å². The fourth-order valence-electron chi connectivity index (χ4n) is 3.30. The summed E-state index contributed by atoms with van der Waals surface area (Å²) in [6, 6.07) is 14.2. The normalized spacial score (nSPS) is 16.2. The van der Waals surface area contributed by atoms with E-state index in [4.69, 9.17) is 16.3 Å². The lowest BCUT2D eigenvalue weighted by Gasteiger charge is -2.16. The number of anilines is 1. The van der Waals surface area contributed by atoms with Gasteiger partial charge in [0.25, 0.3) is 5.56 Å². The SMILES string of the molecule is O=C(CSc1nc2ccccc2c(=O)n1C[C@@H]1CCCO1)Nc1cccc(Cl)c1. The molecule has 4 rings (SSSR count). The van der Waals surface area contributed by atoms with Crippen molar-refractivity contribution in [3.05, 3.63) is 63.9 Å². The van der Waals surface area contributed by atoms with E-state index in [1.54, 1.807) is 34.9 Å². The van der Waals surface area contributed by atoms with Crippen molar-refractivity contribution in [1.29, 1.82) is 0 Å². The molecular formula is C21H20ClN3O3S. The van der Waals surface area contributed by atoms with Crippen LogP contribution in [0.15, 0.2) is 58.5 Å². The molecule has 1 fully saturated rings. The number of amides is 1. The number of aromatic nitrogens is 2. The van der Waals surface area contributed by atoms with E-state index in [1.165, 1.54) is 11.8 Å². The molecule has 6 nitrogen and oxygen atoms in total. The third-order valence-electron chi connectivity index (χ3n) is 4.68. The minimum atomic E-state index is -0.191. The van der Waals surface area contributed by atoms with E-state index in [2.05, 4.69) is 10.3 Å². The summed E-state index contributed by atoms with van der Waals surface area (Å²) < 4.78 is 7.34. The summed E-state index contributed by atoms with van der Waals surface area (Å²) in [5, 5.41) is 4.45. The number of fused-ring (bicyclic) bond motifs is 1. The first kappa shape index (κ1) is 19.9. The average Bonchev–Trinajstić information content (AvgIpc) is 3.22. The number of thioether (sulfide) groups is 1. The predicted molar refractivity (Wildman–Crippen MR) is 116 cm³/mol. The van der Waals surface area contributed by atoms with E-state index in [9.17, 15) is 9.59 Å². The van der Waals surface area contributed by atoms with E-state index in [0.717, 1.165) is 12.8 Å². The van der Waals surface area contributed by atoms with Crippen LogP contribution in [0.2, 0.25) is 5.02 Å². The van der Waals surface area contributed by atoms with Crippen LogP contribution in [0.1, 0.15) is 12.8 Å². The molecule has 1 N–H and O–H groups in total. The Morgan fingerprint density at radius 1 is 1.28 bits per heavy atom. The van der Waals surface area contributed by atoms with Gasteiger partial charge in [0, 0.05) is 17.3 Å². The molecule has 150 valence electrons. The van der Waals surface area contributed by atoms with Gasteiger partial charge in [-0.25, -0.2) is 4.98 Å². The van der Waals surface area contributed by atoms with Gasteiger partial charge in [0.15, 0.2) is 5.16 Å². The van der Waals surface area contributed by atoms with Crippen molar-refractivity contribution in [2.75, 3.05) is 17.7 Å². The minimum Gasteiger partial charge on any atom is -0.376 e. The number of para-hydroxylation sites is 1. The number of carbonyl (C=O) groups is 1. The highest BCUT2D eigenvalue weighted by molar-refractivity contribution is 7.99. The van der Waals surface area contributed by atoms with E-state index in [1.807, 2.05) is 18.2 Å². The third kappa shape index (κ3) is 4.80. The van der Waals surface area contributed by atoms with Gasteiger partial charge in [-0.1, -0.05) is 41.6 Å².